The van der Waals surface area contributed by atoms with Crippen LogP contribution in [0, 0.1) is 17.2 Å². The van der Waals surface area contributed by atoms with Gasteiger partial charge in [-0.15, -0.1) is 0 Å². The standard InChI is InChI=1S/C31H32N8O5/c1-19(35-27(40)23-16-38(18-34-23)21-7-4-3-5-8-21)28(41)37(2)24(13-20-10-11-20)29(42)39-17-31(14-22(39)15-32)30(43)36-26-25(44-31)9-6-12-33-26/h3-9,12,16,18-20,22,24H,10-11,13-14,17H2,1-2H3,(H,35,40)(H,33,36,43)/t19-,22-,24-,31+/m0/s1. The number of hydrogen-bond donors (Lipinski definition) is 2. The van der Waals surface area contributed by atoms with E-state index in [0.717, 1.165) is 18.5 Å². The number of imidazole rings is 1. The summed E-state index contributed by atoms with van der Waals surface area (Å²) in [5, 5.41) is 15.4. The van der Waals surface area contributed by atoms with Gasteiger partial charge in [-0.1, -0.05) is 31.0 Å². The van der Waals surface area contributed by atoms with Gasteiger partial charge in [0, 0.05) is 31.5 Å². The summed E-state index contributed by atoms with van der Waals surface area (Å²) in [6.45, 7) is 1.40. The Labute approximate surface area is 253 Å². The van der Waals surface area contributed by atoms with Crippen LogP contribution in [0.4, 0.5) is 5.82 Å². The molecule has 44 heavy (non-hydrogen) atoms. The fraction of sp³-hybridized carbons (Fsp3) is 0.387. The molecule has 1 saturated carbocycles. The monoisotopic (exact) mass is 596 g/mol. The zero-order chi connectivity index (χ0) is 31.0. The number of rotatable bonds is 8. The summed E-state index contributed by atoms with van der Waals surface area (Å²) in [5.41, 5.74) is -0.479. The number of nitriles is 1. The minimum absolute atomic E-state index is 0.0225. The summed E-state index contributed by atoms with van der Waals surface area (Å²) < 4.78 is 7.79. The highest BCUT2D eigenvalue weighted by molar-refractivity contribution is 6.01. The molecule has 2 N–H and O–H groups in total. The first-order valence-corrected chi connectivity index (χ1v) is 14.5. The Morgan fingerprint density at radius 2 is 1.98 bits per heavy atom. The van der Waals surface area contributed by atoms with Crippen molar-refractivity contribution in [2.24, 2.45) is 5.92 Å². The van der Waals surface area contributed by atoms with Crippen LogP contribution in [0.25, 0.3) is 5.69 Å². The number of nitrogens with one attached hydrogen (secondary N) is 2. The zero-order valence-electron chi connectivity index (χ0n) is 24.3. The lowest BCUT2D eigenvalue weighted by Gasteiger charge is -2.35. The fourth-order valence-corrected chi connectivity index (χ4v) is 5.76. The molecule has 1 saturated heterocycles. The topological polar surface area (TPSA) is 163 Å². The lowest BCUT2D eigenvalue weighted by molar-refractivity contribution is -0.146. The van der Waals surface area contributed by atoms with Gasteiger partial charge in [-0.25, -0.2) is 9.97 Å². The smallest absolute Gasteiger partial charge is 0.272 e. The normalized spacial score (nSPS) is 21.8. The Kier molecular flexibility index (Phi) is 7.50. The number of para-hydroxylation sites is 1. The van der Waals surface area contributed by atoms with Crippen LogP contribution in [0.3, 0.4) is 0 Å². The van der Waals surface area contributed by atoms with Crippen molar-refractivity contribution < 1.29 is 23.9 Å². The van der Waals surface area contributed by atoms with Crippen molar-refractivity contribution in [1.82, 2.24) is 29.7 Å². The highest BCUT2D eigenvalue weighted by atomic mass is 16.5. The molecule has 3 aromatic rings. The molecule has 1 aliphatic carbocycles. The Hall–Kier alpha value is -5.25. The summed E-state index contributed by atoms with van der Waals surface area (Å²) in [6.07, 6.45) is 6.88. The maximum Gasteiger partial charge on any atom is 0.272 e. The number of aromatic nitrogens is 3. The molecule has 1 spiro atoms. The van der Waals surface area contributed by atoms with Gasteiger partial charge in [-0.3, -0.25) is 19.2 Å². The second kappa shape index (κ2) is 11.4. The molecule has 226 valence electrons. The number of benzene rings is 1. The number of ether oxygens (including phenoxy) is 1. The minimum atomic E-state index is -1.46. The number of fused-ring (bicyclic) bond motifs is 1. The van der Waals surface area contributed by atoms with Crippen LogP contribution in [-0.2, 0) is 14.4 Å². The molecule has 13 nitrogen and oxygen atoms in total. The van der Waals surface area contributed by atoms with Crippen molar-refractivity contribution in [1.29, 1.82) is 5.26 Å². The van der Waals surface area contributed by atoms with Gasteiger partial charge < -0.3 is 29.7 Å². The van der Waals surface area contributed by atoms with Crippen LogP contribution in [0.15, 0.2) is 61.2 Å². The van der Waals surface area contributed by atoms with Crippen LogP contribution in [-0.4, -0.2) is 85.3 Å². The van der Waals surface area contributed by atoms with Crippen LogP contribution in [0.2, 0.25) is 0 Å². The number of anilines is 1. The summed E-state index contributed by atoms with van der Waals surface area (Å²) in [4.78, 5) is 64.8. The summed E-state index contributed by atoms with van der Waals surface area (Å²) in [5.74, 6) is -1.01. The van der Waals surface area contributed by atoms with E-state index in [0.29, 0.717) is 12.2 Å². The SMILES string of the molecule is C[C@H](NC(=O)c1cn(-c2ccccc2)cn1)C(=O)N(C)[C@@H](CC1CC1)C(=O)N1C[C@@]2(C[C@H]1C#N)Oc1cccnc1NC2=O. The zero-order valence-corrected chi connectivity index (χ0v) is 24.3. The lowest BCUT2D eigenvalue weighted by atomic mass is 9.97. The fourth-order valence-electron chi connectivity index (χ4n) is 5.76. The average Bonchev–Trinajstić information content (AvgIpc) is 3.57. The van der Waals surface area contributed by atoms with E-state index in [-0.39, 0.29) is 30.4 Å². The van der Waals surface area contributed by atoms with Gasteiger partial charge in [-0.05, 0) is 43.5 Å². The Morgan fingerprint density at radius 3 is 2.70 bits per heavy atom. The summed E-state index contributed by atoms with van der Waals surface area (Å²) >= 11 is 0. The third-order valence-electron chi connectivity index (χ3n) is 8.42. The minimum Gasteiger partial charge on any atom is -0.472 e. The van der Waals surface area contributed by atoms with Gasteiger partial charge in [0.15, 0.2) is 11.6 Å². The first-order valence-electron chi connectivity index (χ1n) is 14.5. The number of pyridine rings is 1. The molecule has 0 unspecified atom stereocenters. The molecule has 4 heterocycles. The predicted octanol–water partition coefficient (Wildman–Crippen LogP) is 1.91. The van der Waals surface area contributed by atoms with E-state index in [1.165, 1.54) is 29.4 Å². The molecule has 4 atom stereocenters. The molecule has 2 fully saturated rings. The summed E-state index contributed by atoms with van der Waals surface area (Å²) in [6, 6.07) is 12.1. The van der Waals surface area contributed by atoms with Crippen molar-refractivity contribution in [2.75, 3.05) is 18.9 Å². The number of likely N-dealkylation sites (tertiary alicyclic amines) is 1. The molecular weight excluding hydrogens is 564 g/mol. The van der Waals surface area contributed by atoms with E-state index in [1.807, 2.05) is 30.3 Å². The van der Waals surface area contributed by atoms with E-state index < -0.39 is 47.4 Å². The molecule has 1 aromatic carbocycles. The van der Waals surface area contributed by atoms with Crippen LogP contribution in [0.1, 0.15) is 43.1 Å². The highest BCUT2D eigenvalue weighted by Gasteiger charge is 2.56. The maximum atomic E-state index is 14.1. The molecule has 2 aromatic heterocycles. The van der Waals surface area contributed by atoms with E-state index in [1.54, 1.807) is 29.8 Å². The number of hydrogen-bond acceptors (Lipinski definition) is 8. The number of amides is 4. The van der Waals surface area contributed by atoms with E-state index in [4.69, 9.17) is 4.74 Å². The molecular formula is C31H32N8O5. The molecule has 13 heteroatoms. The highest BCUT2D eigenvalue weighted by Crippen LogP contribution is 2.40. The number of carbonyl (C=O) groups is 4. The first kappa shape index (κ1) is 28.9. The quantitative estimate of drug-likeness (QED) is 0.398. The predicted molar refractivity (Wildman–Crippen MR) is 156 cm³/mol. The van der Waals surface area contributed by atoms with Gasteiger partial charge in [0.1, 0.15) is 30.1 Å². The van der Waals surface area contributed by atoms with Gasteiger partial charge in [0.05, 0.1) is 12.6 Å². The van der Waals surface area contributed by atoms with Crippen LogP contribution < -0.4 is 15.4 Å². The molecule has 2 aliphatic heterocycles. The first-order chi connectivity index (χ1) is 21.2. The molecule has 0 bridgehead atoms. The summed E-state index contributed by atoms with van der Waals surface area (Å²) in [7, 11) is 1.53. The third kappa shape index (κ3) is 5.46. The van der Waals surface area contributed by atoms with Gasteiger partial charge in [0.25, 0.3) is 11.8 Å². The van der Waals surface area contributed by atoms with E-state index >= 15 is 0 Å². The van der Waals surface area contributed by atoms with Crippen molar-refractivity contribution >= 4 is 29.4 Å². The van der Waals surface area contributed by atoms with Crippen molar-refractivity contribution in [3.8, 4) is 17.5 Å². The third-order valence-corrected chi connectivity index (χ3v) is 8.42. The average molecular weight is 597 g/mol. The maximum absolute atomic E-state index is 14.1. The van der Waals surface area contributed by atoms with Crippen molar-refractivity contribution in [2.45, 2.75) is 56.3 Å². The van der Waals surface area contributed by atoms with E-state index in [2.05, 4.69) is 26.7 Å². The Balaban J connectivity index is 1.16. The van der Waals surface area contributed by atoms with E-state index in [9.17, 15) is 24.4 Å². The Morgan fingerprint density at radius 1 is 1.20 bits per heavy atom. The van der Waals surface area contributed by atoms with Gasteiger partial charge in [-0.2, -0.15) is 5.26 Å². The molecule has 0 radical (unpaired) electrons. The Bertz CT molecular complexity index is 1650. The van der Waals surface area contributed by atoms with Crippen LogP contribution in [0.5, 0.6) is 5.75 Å². The number of carbonyl (C=O) groups excluding carboxylic acids is 4. The van der Waals surface area contributed by atoms with Gasteiger partial charge in [0.2, 0.25) is 17.4 Å². The van der Waals surface area contributed by atoms with Gasteiger partial charge >= 0.3 is 0 Å². The number of likely N-dealkylation sites (N-methyl/N-ethyl adjacent to an activating group) is 1. The second-order valence-electron chi connectivity index (χ2n) is 11.6. The largest absolute Gasteiger partial charge is 0.472 e. The van der Waals surface area contributed by atoms with Crippen LogP contribution >= 0.6 is 0 Å². The number of nitrogens with zero attached hydrogens (tertiary/aromatic N) is 6. The molecule has 4 amide bonds. The second-order valence-corrected chi connectivity index (χ2v) is 11.6. The lowest BCUT2D eigenvalue weighted by Crippen LogP contribution is -2.57. The van der Waals surface area contributed by atoms with Crippen molar-refractivity contribution in [3.63, 3.8) is 0 Å². The molecule has 6 rings (SSSR count). The van der Waals surface area contributed by atoms with Crippen molar-refractivity contribution in [3.05, 3.63) is 66.9 Å². The molecule has 3 aliphatic rings.